The summed E-state index contributed by atoms with van der Waals surface area (Å²) in [6.45, 7) is 7.34. The van der Waals surface area contributed by atoms with Crippen LogP contribution in [0.2, 0.25) is 0 Å². The number of Topliss-reactive ketones (excluding diaryl/α,β-unsaturated/α-hetero) is 1. The monoisotopic (exact) mass is 403 g/mol. The fourth-order valence-corrected chi connectivity index (χ4v) is 4.54. The molecule has 0 fully saturated rings. The number of ketones is 1. The van der Waals surface area contributed by atoms with Crippen LogP contribution >= 0.6 is 0 Å². The molecule has 0 saturated heterocycles. The molecule has 1 atom stereocenters. The topological polar surface area (TPSA) is 80.8 Å². The van der Waals surface area contributed by atoms with E-state index in [0.717, 1.165) is 0 Å². The lowest BCUT2D eigenvalue weighted by atomic mass is 10.1. The molecule has 150 valence electrons. The van der Waals surface area contributed by atoms with Gasteiger partial charge < -0.3 is 4.74 Å². The van der Waals surface area contributed by atoms with Crippen molar-refractivity contribution in [1.29, 1.82) is 0 Å². The van der Waals surface area contributed by atoms with E-state index in [9.17, 15) is 18.0 Å². The summed E-state index contributed by atoms with van der Waals surface area (Å²) in [5.74, 6) is -1.06. The molecule has 0 amide bonds. The van der Waals surface area contributed by atoms with Crippen molar-refractivity contribution in [2.75, 3.05) is 13.1 Å². The van der Waals surface area contributed by atoms with E-state index < -0.39 is 22.1 Å². The predicted octanol–water partition coefficient (Wildman–Crippen LogP) is 3.45. The number of carbonyl (C=O) groups excluding carboxylic acids is 2. The summed E-state index contributed by atoms with van der Waals surface area (Å²) in [7, 11) is -3.72. The molecule has 0 aromatic heterocycles. The Morgan fingerprint density at radius 2 is 1.61 bits per heavy atom. The van der Waals surface area contributed by atoms with E-state index >= 15 is 0 Å². The minimum Gasteiger partial charge on any atom is -0.451 e. The van der Waals surface area contributed by atoms with Crippen LogP contribution in [0.3, 0.4) is 0 Å². The Morgan fingerprint density at radius 1 is 1.00 bits per heavy atom. The molecular weight excluding hydrogens is 378 g/mol. The first kappa shape index (κ1) is 21.8. The summed E-state index contributed by atoms with van der Waals surface area (Å²) in [5.41, 5.74) is 1.07. The van der Waals surface area contributed by atoms with Crippen LogP contribution in [-0.2, 0) is 14.8 Å². The number of hydrogen-bond donors (Lipinski definition) is 0. The maximum Gasteiger partial charge on any atom is 0.338 e. The van der Waals surface area contributed by atoms with Gasteiger partial charge in [-0.15, -0.1) is 0 Å². The highest BCUT2D eigenvalue weighted by Crippen LogP contribution is 2.22. The first-order chi connectivity index (χ1) is 13.2. The van der Waals surface area contributed by atoms with Gasteiger partial charge in [0.25, 0.3) is 0 Å². The highest BCUT2D eigenvalue weighted by molar-refractivity contribution is 7.89. The number of rotatable bonds is 8. The maximum absolute atomic E-state index is 12.8. The second-order valence-electron chi connectivity index (χ2n) is 6.35. The number of nitrogens with zero attached hydrogens (tertiary/aromatic N) is 1. The van der Waals surface area contributed by atoms with Gasteiger partial charge in [-0.25, -0.2) is 13.2 Å². The molecular formula is C21H25NO5S. The average molecular weight is 404 g/mol. The molecule has 0 unspecified atom stereocenters. The molecule has 0 aliphatic heterocycles. The summed E-state index contributed by atoms with van der Waals surface area (Å²) < 4.78 is 32.3. The second-order valence-corrected chi connectivity index (χ2v) is 8.25. The van der Waals surface area contributed by atoms with E-state index in [1.807, 2.05) is 0 Å². The van der Waals surface area contributed by atoms with E-state index in [0.29, 0.717) is 24.2 Å². The quantitative estimate of drug-likeness (QED) is 0.498. The van der Waals surface area contributed by atoms with Crippen molar-refractivity contribution in [2.24, 2.45) is 0 Å². The minimum atomic E-state index is -3.72. The Hall–Kier alpha value is -2.51. The lowest BCUT2D eigenvalue weighted by Gasteiger charge is -2.20. The van der Waals surface area contributed by atoms with E-state index in [2.05, 4.69) is 0 Å². The number of carbonyl (C=O) groups is 2. The number of ether oxygens (including phenoxy) is 1. The third-order valence-corrected chi connectivity index (χ3v) is 6.65. The van der Waals surface area contributed by atoms with Crippen molar-refractivity contribution in [2.45, 2.75) is 38.7 Å². The van der Waals surface area contributed by atoms with Gasteiger partial charge in [-0.1, -0.05) is 50.2 Å². The summed E-state index contributed by atoms with van der Waals surface area (Å²) in [6.07, 6.45) is -0.987. The Balaban J connectivity index is 2.26. The number of sulfonamides is 1. The zero-order valence-corrected chi connectivity index (χ0v) is 17.3. The molecule has 2 aromatic carbocycles. The average Bonchev–Trinajstić information content (AvgIpc) is 2.68. The standard InChI is InChI=1S/C21H25NO5S/c1-5-22(6-2)28(25,26)19-14-18(13-12-15(19)3)21(24)27-16(4)20(23)17-10-8-7-9-11-17/h7-14,16H,5-6H2,1-4H3/t16-/m0/s1. The number of benzene rings is 2. The molecule has 28 heavy (non-hydrogen) atoms. The molecule has 0 aliphatic carbocycles. The van der Waals surface area contributed by atoms with Crippen molar-refractivity contribution < 1.29 is 22.7 Å². The number of hydrogen-bond acceptors (Lipinski definition) is 5. The Labute approximate surface area is 166 Å². The van der Waals surface area contributed by atoms with E-state index in [1.165, 1.54) is 23.4 Å². The van der Waals surface area contributed by atoms with Gasteiger partial charge >= 0.3 is 5.97 Å². The summed E-state index contributed by atoms with van der Waals surface area (Å²) in [4.78, 5) is 24.9. The van der Waals surface area contributed by atoms with E-state index in [1.54, 1.807) is 57.2 Å². The Kier molecular flexibility index (Phi) is 7.10. The van der Waals surface area contributed by atoms with Gasteiger partial charge in [-0.3, -0.25) is 4.79 Å². The van der Waals surface area contributed by atoms with Gasteiger partial charge in [-0.05, 0) is 31.5 Å². The van der Waals surface area contributed by atoms with Crippen molar-refractivity contribution >= 4 is 21.8 Å². The lowest BCUT2D eigenvalue weighted by molar-refractivity contribution is 0.0318. The van der Waals surface area contributed by atoms with Crippen LogP contribution in [0.4, 0.5) is 0 Å². The maximum atomic E-state index is 12.8. The van der Waals surface area contributed by atoms with Crippen molar-refractivity contribution in [1.82, 2.24) is 4.31 Å². The molecule has 0 heterocycles. The fraction of sp³-hybridized carbons (Fsp3) is 0.333. The zero-order valence-electron chi connectivity index (χ0n) is 16.5. The van der Waals surface area contributed by atoms with Gasteiger partial charge in [0.2, 0.25) is 15.8 Å². The van der Waals surface area contributed by atoms with Gasteiger partial charge in [0.15, 0.2) is 6.10 Å². The molecule has 0 saturated carbocycles. The van der Waals surface area contributed by atoms with Gasteiger partial charge in [0, 0.05) is 18.7 Å². The highest BCUT2D eigenvalue weighted by Gasteiger charge is 2.26. The molecule has 0 aliphatic rings. The van der Waals surface area contributed by atoms with Crippen molar-refractivity contribution in [3.05, 3.63) is 65.2 Å². The normalized spacial score (nSPS) is 12.6. The van der Waals surface area contributed by atoms with Crippen LogP contribution in [-0.4, -0.2) is 43.7 Å². The molecule has 2 rings (SSSR count). The highest BCUT2D eigenvalue weighted by atomic mass is 32.2. The third kappa shape index (κ3) is 4.66. The summed E-state index contributed by atoms with van der Waals surface area (Å²) in [6, 6.07) is 12.9. The van der Waals surface area contributed by atoms with Gasteiger partial charge in [0.1, 0.15) is 0 Å². The molecule has 2 aromatic rings. The van der Waals surface area contributed by atoms with Crippen molar-refractivity contribution in [3.8, 4) is 0 Å². The Morgan fingerprint density at radius 3 is 2.18 bits per heavy atom. The first-order valence-electron chi connectivity index (χ1n) is 9.13. The van der Waals surface area contributed by atoms with Crippen LogP contribution < -0.4 is 0 Å². The molecule has 0 spiro atoms. The van der Waals surface area contributed by atoms with Gasteiger partial charge in [-0.2, -0.15) is 4.31 Å². The van der Waals surface area contributed by atoms with E-state index in [-0.39, 0.29) is 16.2 Å². The first-order valence-corrected chi connectivity index (χ1v) is 10.6. The molecule has 0 radical (unpaired) electrons. The number of aryl methyl sites for hydroxylation is 1. The summed E-state index contributed by atoms with van der Waals surface area (Å²) >= 11 is 0. The Bertz CT molecular complexity index is 950. The van der Waals surface area contributed by atoms with Gasteiger partial charge in [0.05, 0.1) is 10.5 Å². The molecule has 7 heteroatoms. The van der Waals surface area contributed by atoms with E-state index in [4.69, 9.17) is 4.74 Å². The van der Waals surface area contributed by atoms with Crippen LogP contribution in [0.1, 0.15) is 47.1 Å². The minimum absolute atomic E-state index is 0.0627. The van der Waals surface area contributed by atoms with Crippen LogP contribution in [0.15, 0.2) is 53.4 Å². The smallest absolute Gasteiger partial charge is 0.338 e. The van der Waals surface area contributed by atoms with Crippen LogP contribution in [0.5, 0.6) is 0 Å². The van der Waals surface area contributed by atoms with Crippen LogP contribution in [0.25, 0.3) is 0 Å². The van der Waals surface area contributed by atoms with Crippen LogP contribution in [0, 0.1) is 6.92 Å². The second kappa shape index (κ2) is 9.12. The zero-order chi connectivity index (χ0) is 20.9. The lowest BCUT2D eigenvalue weighted by Crippen LogP contribution is -2.31. The molecule has 6 nitrogen and oxygen atoms in total. The summed E-state index contributed by atoms with van der Waals surface area (Å²) in [5, 5.41) is 0. The molecule has 0 bridgehead atoms. The molecule has 0 N–H and O–H groups in total. The van der Waals surface area contributed by atoms with Crippen molar-refractivity contribution in [3.63, 3.8) is 0 Å². The predicted molar refractivity (Wildman–Crippen MR) is 107 cm³/mol. The SMILES string of the molecule is CCN(CC)S(=O)(=O)c1cc(C(=O)O[C@@H](C)C(=O)c2ccccc2)ccc1C. The third-order valence-electron chi connectivity index (χ3n) is 4.46. The number of esters is 1. The fourth-order valence-electron chi connectivity index (χ4n) is 2.83. The largest absolute Gasteiger partial charge is 0.451 e.